The zero-order chi connectivity index (χ0) is 24.7. The van der Waals surface area contributed by atoms with Crippen molar-refractivity contribution in [2.24, 2.45) is 0 Å². The van der Waals surface area contributed by atoms with Crippen LogP contribution in [0, 0.1) is 34.6 Å². The smallest absolute Gasteiger partial charge is 0.456 e. The highest BCUT2D eigenvalue weighted by molar-refractivity contribution is 6.40. The molecule has 3 aromatic rings. The van der Waals surface area contributed by atoms with Gasteiger partial charge in [-0.1, -0.05) is 23.2 Å². The number of benzene rings is 2. The molecular weight excluding hydrogens is 478 g/mol. The molecule has 0 bridgehead atoms. The molecule has 0 unspecified atom stereocenters. The zero-order valence-corrected chi connectivity index (χ0v) is 20.1. The standard InChI is InChI=1S/C24H22Cl2F3NO3/c1-11-12(2)14(4)18(15(5)13(11)3)8-16-6-7-21(32-16)23(31)30-22-19(25)9-17(10-20(22)26)33-24(27,28)29/h6-7,9-10H,8H2,1-5H3,(H,30,31). The molecule has 1 aromatic heterocycles. The van der Waals surface area contributed by atoms with Gasteiger partial charge in [0.15, 0.2) is 5.76 Å². The summed E-state index contributed by atoms with van der Waals surface area (Å²) in [7, 11) is 0. The first kappa shape index (κ1) is 25.0. The van der Waals surface area contributed by atoms with Gasteiger partial charge in [0.2, 0.25) is 0 Å². The van der Waals surface area contributed by atoms with Crippen LogP contribution >= 0.6 is 23.2 Å². The number of carbonyl (C=O) groups is 1. The summed E-state index contributed by atoms with van der Waals surface area (Å²) in [5.74, 6) is -0.617. The van der Waals surface area contributed by atoms with Crippen LogP contribution in [-0.4, -0.2) is 12.3 Å². The van der Waals surface area contributed by atoms with Crippen molar-refractivity contribution in [2.45, 2.75) is 47.4 Å². The van der Waals surface area contributed by atoms with Gasteiger partial charge >= 0.3 is 6.36 Å². The molecule has 0 aliphatic rings. The molecule has 0 fully saturated rings. The summed E-state index contributed by atoms with van der Waals surface area (Å²) in [5.41, 5.74) is 7.15. The van der Waals surface area contributed by atoms with Crippen LogP contribution < -0.4 is 10.1 Å². The molecule has 0 saturated heterocycles. The van der Waals surface area contributed by atoms with Crippen molar-refractivity contribution in [1.29, 1.82) is 0 Å². The van der Waals surface area contributed by atoms with E-state index in [1.807, 2.05) is 0 Å². The lowest BCUT2D eigenvalue weighted by Crippen LogP contribution is -2.17. The van der Waals surface area contributed by atoms with Crippen molar-refractivity contribution in [2.75, 3.05) is 5.32 Å². The van der Waals surface area contributed by atoms with Gasteiger partial charge in [0, 0.05) is 18.6 Å². The molecule has 0 radical (unpaired) electrons. The van der Waals surface area contributed by atoms with Crippen LogP contribution in [0.5, 0.6) is 5.75 Å². The van der Waals surface area contributed by atoms with Crippen LogP contribution in [0.4, 0.5) is 18.9 Å². The Bertz CT molecular complexity index is 1180. The van der Waals surface area contributed by atoms with Gasteiger partial charge in [-0.25, -0.2) is 0 Å². The van der Waals surface area contributed by atoms with Crippen LogP contribution in [-0.2, 0) is 6.42 Å². The average Bonchev–Trinajstić information content (AvgIpc) is 3.18. The van der Waals surface area contributed by atoms with Crippen LogP contribution in [0.3, 0.4) is 0 Å². The van der Waals surface area contributed by atoms with Gasteiger partial charge in [0.05, 0.1) is 15.7 Å². The predicted molar refractivity (Wildman–Crippen MR) is 123 cm³/mol. The van der Waals surface area contributed by atoms with Gasteiger partial charge in [0.25, 0.3) is 5.91 Å². The Balaban J connectivity index is 1.81. The average molecular weight is 500 g/mol. The van der Waals surface area contributed by atoms with E-state index >= 15 is 0 Å². The molecule has 0 atom stereocenters. The molecule has 1 heterocycles. The number of anilines is 1. The number of alkyl halides is 3. The van der Waals surface area contributed by atoms with Gasteiger partial charge in [-0.3, -0.25) is 4.79 Å². The largest absolute Gasteiger partial charge is 0.573 e. The maximum absolute atomic E-state index is 12.7. The van der Waals surface area contributed by atoms with E-state index in [-0.39, 0.29) is 21.5 Å². The van der Waals surface area contributed by atoms with Gasteiger partial charge < -0.3 is 14.5 Å². The van der Waals surface area contributed by atoms with Crippen molar-refractivity contribution >= 4 is 34.8 Å². The molecule has 2 aromatic carbocycles. The normalized spacial score (nSPS) is 11.6. The fraction of sp³-hybridized carbons (Fsp3) is 0.292. The molecule has 0 saturated carbocycles. The highest BCUT2D eigenvalue weighted by Gasteiger charge is 2.31. The fourth-order valence-corrected chi connectivity index (χ4v) is 4.21. The number of rotatable bonds is 5. The summed E-state index contributed by atoms with van der Waals surface area (Å²) >= 11 is 12.0. The monoisotopic (exact) mass is 499 g/mol. The van der Waals surface area contributed by atoms with Crippen LogP contribution in [0.2, 0.25) is 10.0 Å². The summed E-state index contributed by atoms with van der Waals surface area (Å²) < 4.78 is 46.8. The van der Waals surface area contributed by atoms with Crippen LogP contribution in [0.25, 0.3) is 0 Å². The lowest BCUT2D eigenvalue weighted by molar-refractivity contribution is -0.274. The second-order valence-electron chi connectivity index (χ2n) is 7.81. The van der Waals surface area contributed by atoms with E-state index < -0.39 is 18.0 Å². The molecule has 1 amide bonds. The number of amides is 1. The van der Waals surface area contributed by atoms with Crippen molar-refractivity contribution in [3.8, 4) is 5.75 Å². The topological polar surface area (TPSA) is 51.5 Å². The molecule has 9 heteroatoms. The summed E-state index contributed by atoms with van der Waals surface area (Å²) in [6, 6.07) is 5.06. The quantitative estimate of drug-likeness (QED) is 0.388. The molecule has 1 N–H and O–H groups in total. The number of furan rings is 1. The lowest BCUT2D eigenvalue weighted by atomic mass is 9.88. The Morgan fingerprint density at radius 1 is 0.939 bits per heavy atom. The fourth-order valence-electron chi connectivity index (χ4n) is 3.65. The predicted octanol–water partition coefficient (Wildman–Crippen LogP) is 7.87. The van der Waals surface area contributed by atoms with Crippen molar-refractivity contribution in [1.82, 2.24) is 0 Å². The first-order valence-corrected chi connectivity index (χ1v) is 10.7. The molecule has 4 nitrogen and oxygen atoms in total. The number of nitrogens with one attached hydrogen (secondary N) is 1. The molecule has 176 valence electrons. The zero-order valence-electron chi connectivity index (χ0n) is 18.6. The molecule has 33 heavy (non-hydrogen) atoms. The Morgan fingerprint density at radius 2 is 1.45 bits per heavy atom. The maximum atomic E-state index is 12.7. The van der Waals surface area contributed by atoms with Gasteiger partial charge in [-0.05, 0) is 80.1 Å². The van der Waals surface area contributed by atoms with E-state index in [0.717, 1.165) is 17.7 Å². The SMILES string of the molecule is Cc1c(C)c(C)c(Cc2ccc(C(=O)Nc3c(Cl)cc(OC(F)(F)F)cc3Cl)o2)c(C)c1C. The molecular formula is C24H22Cl2F3NO3. The minimum atomic E-state index is -4.90. The van der Waals surface area contributed by atoms with E-state index in [0.29, 0.717) is 12.2 Å². The van der Waals surface area contributed by atoms with E-state index in [9.17, 15) is 18.0 Å². The summed E-state index contributed by atoms with van der Waals surface area (Å²) in [5, 5.41) is 2.06. The third-order valence-electron chi connectivity index (χ3n) is 5.88. The Hall–Kier alpha value is -2.64. The number of carbonyl (C=O) groups excluding carboxylic acids is 1. The number of hydrogen-bond donors (Lipinski definition) is 1. The van der Waals surface area contributed by atoms with Gasteiger partial charge in [0.1, 0.15) is 11.5 Å². The lowest BCUT2D eigenvalue weighted by Gasteiger charge is -2.18. The van der Waals surface area contributed by atoms with Crippen LogP contribution in [0.15, 0.2) is 28.7 Å². The van der Waals surface area contributed by atoms with Crippen molar-refractivity contribution in [3.05, 3.63) is 79.2 Å². The third kappa shape index (κ3) is 5.47. The number of hydrogen-bond acceptors (Lipinski definition) is 3. The van der Waals surface area contributed by atoms with Crippen molar-refractivity contribution in [3.63, 3.8) is 0 Å². The number of ether oxygens (including phenoxy) is 1. The maximum Gasteiger partial charge on any atom is 0.573 e. The molecule has 3 rings (SSSR count). The Kier molecular flexibility index (Phi) is 7.05. The summed E-state index contributed by atoms with van der Waals surface area (Å²) in [6.07, 6.45) is -4.38. The Morgan fingerprint density at radius 3 is 1.97 bits per heavy atom. The molecule has 0 spiro atoms. The molecule has 0 aliphatic heterocycles. The summed E-state index contributed by atoms with van der Waals surface area (Å²) in [4.78, 5) is 12.7. The van der Waals surface area contributed by atoms with Gasteiger partial charge in [-0.2, -0.15) is 0 Å². The second-order valence-corrected chi connectivity index (χ2v) is 8.62. The third-order valence-corrected chi connectivity index (χ3v) is 6.48. The van der Waals surface area contributed by atoms with E-state index in [4.69, 9.17) is 27.6 Å². The highest BCUT2D eigenvalue weighted by atomic mass is 35.5. The first-order valence-electron chi connectivity index (χ1n) is 9.99. The first-order chi connectivity index (χ1) is 15.3. The minimum Gasteiger partial charge on any atom is -0.456 e. The number of halogens is 5. The van der Waals surface area contributed by atoms with Crippen molar-refractivity contribution < 1.29 is 27.1 Å². The highest BCUT2D eigenvalue weighted by Crippen LogP contribution is 2.37. The summed E-state index contributed by atoms with van der Waals surface area (Å²) in [6.45, 7) is 10.4. The van der Waals surface area contributed by atoms with Gasteiger partial charge in [-0.15, -0.1) is 13.2 Å². The van der Waals surface area contributed by atoms with E-state index in [1.165, 1.54) is 33.9 Å². The van der Waals surface area contributed by atoms with E-state index in [2.05, 4.69) is 44.7 Å². The van der Waals surface area contributed by atoms with E-state index in [1.54, 1.807) is 6.07 Å². The van der Waals surface area contributed by atoms with Crippen LogP contribution in [0.1, 0.15) is 49.7 Å². The Labute approximate surface area is 199 Å². The second kappa shape index (κ2) is 9.31. The molecule has 0 aliphatic carbocycles. The minimum absolute atomic E-state index is 0.0172.